The van der Waals surface area contributed by atoms with Crippen LogP contribution in [0.25, 0.3) is 0 Å². The number of aliphatic hydroxyl groups is 2. The predicted molar refractivity (Wildman–Crippen MR) is 35.6 cm³/mol. The van der Waals surface area contributed by atoms with Crippen LogP contribution in [0.2, 0.25) is 0 Å². The van der Waals surface area contributed by atoms with E-state index in [1.54, 1.807) is 0 Å². The van der Waals surface area contributed by atoms with Gasteiger partial charge < -0.3 is 19.8 Å². The molecule has 0 aliphatic rings. The molecule has 70 valence electrons. The maximum Gasteiger partial charge on any atom is 0.294 e. The van der Waals surface area contributed by atoms with Gasteiger partial charge in [-0.3, -0.25) is 0 Å². The van der Waals surface area contributed by atoms with Gasteiger partial charge in [-0.15, -0.1) is 10.1 Å². The lowest BCUT2D eigenvalue weighted by Gasteiger charge is -2.20. The van der Waals surface area contributed by atoms with E-state index in [0.717, 1.165) is 0 Å². The van der Waals surface area contributed by atoms with Crippen molar-refractivity contribution in [3.8, 4) is 0 Å². The lowest BCUT2D eigenvalue weighted by Crippen LogP contribution is -2.37. The summed E-state index contributed by atoms with van der Waals surface area (Å²) in [6, 6.07) is 0. The molecule has 0 radical (unpaired) electrons. The van der Waals surface area contributed by atoms with Crippen LogP contribution in [0.15, 0.2) is 0 Å². The molecule has 0 unspecified atom stereocenters. The predicted octanol–water partition coefficient (Wildman–Crippen LogP) is -1.64. The van der Waals surface area contributed by atoms with E-state index in [1.807, 2.05) is 0 Å². The van der Waals surface area contributed by atoms with Gasteiger partial charge in [0.1, 0.15) is 12.9 Å². The Morgan fingerprint density at radius 2 is 2.00 bits per heavy atom. The third-order valence-corrected chi connectivity index (χ3v) is 1.34. The topological polar surface area (TPSA) is 110 Å². The van der Waals surface area contributed by atoms with E-state index in [4.69, 9.17) is 10.2 Å². The minimum absolute atomic E-state index is 0.233. The Bertz CT molecular complexity index is 165. The molecule has 0 rings (SSSR count). The minimum Gasteiger partial charge on any atom is -0.395 e. The molecule has 0 aromatic carbocycles. The van der Waals surface area contributed by atoms with Crippen LogP contribution in [0.1, 0.15) is 0 Å². The van der Waals surface area contributed by atoms with E-state index in [1.165, 1.54) is 0 Å². The molecule has 0 aliphatic carbocycles. The van der Waals surface area contributed by atoms with Gasteiger partial charge in [-0.05, 0) is 0 Å². The van der Waals surface area contributed by atoms with Gasteiger partial charge in [-0.1, -0.05) is 0 Å². The van der Waals surface area contributed by atoms with Gasteiger partial charge in [-0.2, -0.15) is 0 Å². The summed E-state index contributed by atoms with van der Waals surface area (Å²) in [5.74, 6) is 0. The fourth-order valence-electron chi connectivity index (χ4n) is 0.431. The number of nitrogens with zero attached hydrogens (tertiary/aromatic N) is 1. The summed E-state index contributed by atoms with van der Waals surface area (Å²) in [6.45, 7) is -2.03. The molecule has 12 heavy (non-hydrogen) atoms. The average molecular weight is 179 g/mol. The molecule has 7 nitrogen and oxygen atoms in total. The lowest BCUT2D eigenvalue weighted by atomic mass is 9.94. The second-order valence-corrected chi connectivity index (χ2v) is 2.29. The van der Waals surface area contributed by atoms with E-state index in [2.05, 4.69) is 4.84 Å². The molecule has 0 aromatic rings. The number of rotatable bonds is 6. The highest BCUT2D eigenvalue weighted by molar-refractivity contribution is 5.59. The normalized spacial score (nSPS) is 10.8. The Kier molecular flexibility index (Phi) is 4.16. The summed E-state index contributed by atoms with van der Waals surface area (Å²) in [4.78, 5) is 23.8. The van der Waals surface area contributed by atoms with Crippen molar-refractivity contribution in [2.45, 2.75) is 0 Å². The minimum atomic E-state index is -1.58. The Morgan fingerprint density at radius 3 is 2.25 bits per heavy atom. The number of carbonyl (C=O) groups is 1. The van der Waals surface area contributed by atoms with Crippen molar-refractivity contribution in [2.75, 3.05) is 19.8 Å². The van der Waals surface area contributed by atoms with Gasteiger partial charge in [0.05, 0.1) is 18.6 Å². The van der Waals surface area contributed by atoms with Crippen molar-refractivity contribution < 1.29 is 24.9 Å². The summed E-state index contributed by atoms with van der Waals surface area (Å²) in [5, 5.41) is 25.8. The van der Waals surface area contributed by atoms with Gasteiger partial charge in [0, 0.05) is 0 Å². The fourth-order valence-corrected chi connectivity index (χ4v) is 0.431. The van der Waals surface area contributed by atoms with Crippen LogP contribution in [0.5, 0.6) is 0 Å². The first kappa shape index (κ1) is 10.8. The summed E-state index contributed by atoms with van der Waals surface area (Å²) >= 11 is 0. The molecule has 0 aliphatic heterocycles. The lowest BCUT2D eigenvalue weighted by molar-refractivity contribution is -0.760. The van der Waals surface area contributed by atoms with Crippen molar-refractivity contribution >= 4 is 6.29 Å². The molecule has 0 saturated heterocycles. The van der Waals surface area contributed by atoms with Crippen molar-refractivity contribution in [1.29, 1.82) is 0 Å². The van der Waals surface area contributed by atoms with Crippen molar-refractivity contribution in [3.05, 3.63) is 10.1 Å². The molecule has 0 spiro atoms. The zero-order chi connectivity index (χ0) is 9.61. The zero-order valence-electron chi connectivity index (χ0n) is 6.17. The Hall–Kier alpha value is -1.21. The molecule has 7 heteroatoms. The van der Waals surface area contributed by atoms with Gasteiger partial charge in [0.15, 0.2) is 0 Å². The summed E-state index contributed by atoms with van der Waals surface area (Å²) in [5.41, 5.74) is -1.58. The van der Waals surface area contributed by atoms with Crippen LogP contribution in [-0.2, 0) is 9.63 Å². The Morgan fingerprint density at radius 1 is 1.50 bits per heavy atom. The van der Waals surface area contributed by atoms with E-state index in [-0.39, 0.29) is 6.29 Å². The van der Waals surface area contributed by atoms with Crippen molar-refractivity contribution in [2.24, 2.45) is 5.41 Å². The van der Waals surface area contributed by atoms with Gasteiger partial charge >= 0.3 is 0 Å². The fraction of sp³-hybridized carbons (Fsp3) is 0.800. The molecule has 0 fully saturated rings. The third-order valence-electron chi connectivity index (χ3n) is 1.34. The second-order valence-electron chi connectivity index (χ2n) is 2.29. The van der Waals surface area contributed by atoms with Crippen LogP contribution < -0.4 is 0 Å². The number of carbonyl (C=O) groups excluding carboxylic acids is 1. The number of hydrogen-bond acceptors (Lipinski definition) is 6. The van der Waals surface area contributed by atoms with Crippen LogP contribution in [0.3, 0.4) is 0 Å². The Balaban J connectivity index is 4.11. The van der Waals surface area contributed by atoms with E-state index < -0.39 is 30.3 Å². The van der Waals surface area contributed by atoms with E-state index in [9.17, 15) is 14.9 Å². The molecule has 2 N–H and O–H groups in total. The zero-order valence-corrected chi connectivity index (χ0v) is 6.17. The molecule has 0 amide bonds. The summed E-state index contributed by atoms with van der Waals surface area (Å²) in [6.07, 6.45) is 0.233. The highest BCUT2D eigenvalue weighted by Gasteiger charge is 2.29. The van der Waals surface area contributed by atoms with Crippen molar-refractivity contribution in [1.82, 2.24) is 0 Å². The molecule has 0 saturated carbocycles. The monoisotopic (exact) mass is 179 g/mol. The maximum absolute atomic E-state index is 10.3. The second kappa shape index (κ2) is 4.62. The van der Waals surface area contributed by atoms with E-state index in [0.29, 0.717) is 0 Å². The quantitative estimate of drug-likeness (QED) is 0.287. The SMILES string of the molecule is O=CC(CO)(CO)CO[N+](=O)[O-]. The largest absolute Gasteiger partial charge is 0.395 e. The maximum atomic E-state index is 10.3. The van der Waals surface area contributed by atoms with E-state index >= 15 is 0 Å². The van der Waals surface area contributed by atoms with Gasteiger partial charge in [0.2, 0.25) is 0 Å². The molecule has 0 bridgehead atoms. The van der Waals surface area contributed by atoms with Crippen LogP contribution in [-0.4, -0.2) is 41.4 Å². The molecule has 0 aromatic heterocycles. The average Bonchev–Trinajstić information content (AvgIpc) is 2.08. The number of hydrogen-bond donors (Lipinski definition) is 2. The highest BCUT2D eigenvalue weighted by Crippen LogP contribution is 2.11. The summed E-state index contributed by atoms with van der Waals surface area (Å²) in [7, 11) is 0. The molecule has 0 atom stereocenters. The first-order chi connectivity index (χ1) is 5.60. The standard InChI is InChI=1S/C5H9NO6/c7-1-5(2-8,3-9)4-12-6(10)11/h1,8-9H,2-4H2. The highest BCUT2D eigenvalue weighted by atomic mass is 16.9. The molecular weight excluding hydrogens is 170 g/mol. The smallest absolute Gasteiger partial charge is 0.294 e. The van der Waals surface area contributed by atoms with Gasteiger partial charge in [0.25, 0.3) is 5.09 Å². The van der Waals surface area contributed by atoms with Crippen molar-refractivity contribution in [3.63, 3.8) is 0 Å². The first-order valence-electron chi connectivity index (χ1n) is 3.05. The summed E-state index contributed by atoms with van der Waals surface area (Å²) < 4.78 is 0. The first-order valence-corrected chi connectivity index (χ1v) is 3.05. The molecule has 0 heterocycles. The third kappa shape index (κ3) is 2.81. The van der Waals surface area contributed by atoms with Crippen LogP contribution in [0, 0.1) is 15.5 Å². The van der Waals surface area contributed by atoms with Gasteiger partial charge in [-0.25, -0.2) is 0 Å². The van der Waals surface area contributed by atoms with Crippen LogP contribution in [0.4, 0.5) is 0 Å². The number of aldehydes is 1. The molecular formula is C5H9NO6. The van der Waals surface area contributed by atoms with Crippen LogP contribution >= 0.6 is 0 Å². The Labute approximate surface area is 67.7 Å². The number of aliphatic hydroxyl groups excluding tert-OH is 2.